The first-order chi connectivity index (χ1) is 8.97. The van der Waals surface area contributed by atoms with Crippen LogP contribution in [0.3, 0.4) is 0 Å². The van der Waals surface area contributed by atoms with E-state index in [-0.39, 0.29) is 17.5 Å². The minimum Gasteiger partial charge on any atom is -0.350 e. The van der Waals surface area contributed by atoms with Crippen LogP contribution in [0.1, 0.15) is 44.6 Å². The van der Waals surface area contributed by atoms with Gasteiger partial charge in [-0.3, -0.25) is 14.3 Å². The van der Waals surface area contributed by atoms with E-state index in [2.05, 4.69) is 15.7 Å². The molecule has 0 bridgehead atoms. The second kappa shape index (κ2) is 6.92. The lowest BCUT2D eigenvalue weighted by molar-refractivity contribution is -0.115. The van der Waals surface area contributed by atoms with Crippen molar-refractivity contribution in [2.24, 2.45) is 5.92 Å². The lowest BCUT2D eigenvalue weighted by Gasteiger charge is -2.07. The van der Waals surface area contributed by atoms with Gasteiger partial charge in [-0.1, -0.05) is 20.8 Å². The van der Waals surface area contributed by atoms with Gasteiger partial charge >= 0.3 is 0 Å². The molecule has 0 fully saturated rings. The number of amides is 2. The average molecular weight is 266 g/mol. The summed E-state index contributed by atoms with van der Waals surface area (Å²) in [5, 5.41) is 9.69. The third-order valence-electron chi connectivity index (χ3n) is 2.57. The molecule has 1 aromatic heterocycles. The molecular formula is C13H22N4O2. The predicted molar refractivity (Wildman–Crippen MR) is 74.0 cm³/mol. The van der Waals surface area contributed by atoms with Gasteiger partial charge in [0.1, 0.15) is 0 Å². The molecule has 2 N–H and O–H groups in total. The Bertz CT molecular complexity index is 451. The molecule has 0 saturated heterocycles. The third-order valence-corrected chi connectivity index (χ3v) is 2.57. The lowest BCUT2D eigenvalue weighted by atomic mass is 10.2. The fourth-order valence-corrected chi connectivity index (χ4v) is 1.46. The maximum atomic E-state index is 12.0. The Labute approximate surface area is 113 Å². The number of anilines is 1. The number of aryl methyl sites for hydroxylation is 1. The highest BCUT2D eigenvalue weighted by molar-refractivity contribution is 6.02. The predicted octanol–water partition coefficient (Wildman–Crippen LogP) is 1.64. The first-order valence-corrected chi connectivity index (χ1v) is 6.63. The van der Waals surface area contributed by atoms with E-state index in [1.165, 1.54) is 0 Å². The van der Waals surface area contributed by atoms with E-state index in [4.69, 9.17) is 0 Å². The quantitative estimate of drug-likeness (QED) is 0.821. The number of nitrogens with one attached hydrogen (secondary N) is 2. The van der Waals surface area contributed by atoms with E-state index in [9.17, 15) is 9.59 Å². The second-order valence-electron chi connectivity index (χ2n) is 4.75. The molecule has 0 radical (unpaired) electrons. The van der Waals surface area contributed by atoms with Crippen molar-refractivity contribution in [3.05, 3.63) is 11.9 Å². The number of nitrogens with zero attached hydrogens (tertiary/aromatic N) is 2. The number of hydrogen-bond donors (Lipinski definition) is 2. The SMILES string of the molecule is CCC(=O)Nc1cn(CC)nc1C(=O)NCC(C)C. The van der Waals surface area contributed by atoms with Crippen molar-refractivity contribution in [2.45, 2.75) is 40.7 Å². The Hall–Kier alpha value is -1.85. The van der Waals surface area contributed by atoms with Gasteiger partial charge in [0.15, 0.2) is 5.69 Å². The van der Waals surface area contributed by atoms with Crippen molar-refractivity contribution >= 4 is 17.5 Å². The average Bonchev–Trinajstić information content (AvgIpc) is 2.78. The Morgan fingerprint density at radius 2 is 2.05 bits per heavy atom. The van der Waals surface area contributed by atoms with Crippen LogP contribution in [0.2, 0.25) is 0 Å². The largest absolute Gasteiger partial charge is 0.350 e. The molecule has 19 heavy (non-hydrogen) atoms. The highest BCUT2D eigenvalue weighted by Gasteiger charge is 2.17. The van der Waals surface area contributed by atoms with Crippen LogP contribution in [0.5, 0.6) is 0 Å². The molecule has 0 saturated carbocycles. The Balaban J connectivity index is 2.87. The Morgan fingerprint density at radius 3 is 2.58 bits per heavy atom. The fraction of sp³-hybridized carbons (Fsp3) is 0.615. The Morgan fingerprint density at radius 1 is 1.37 bits per heavy atom. The molecule has 0 unspecified atom stereocenters. The normalized spacial score (nSPS) is 10.6. The lowest BCUT2D eigenvalue weighted by Crippen LogP contribution is -2.28. The van der Waals surface area contributed by atoms with Crippen molar-refractivity contribution in [3.63, 3.8) is 0 Å². The second-order valence-corrected chi connectivity index (χ2v) is 4.75. The van der Waals surface area contributed by atoms with Gasteiger partial charge in [-0.2, -0.15) is 5.10 Å². The van der Waals surface area contributed by atoms with Crippen LogP contribution in [0.4, 0.5) is 5.69 Å². The zero-order valence-corrected chi connectivity index (χ0v) is 12.0. The molecule has 2 amide bonds. The molecule has 1 heterocycles. The van der Waals surface area contributed by atoms with E-state index in [0.717, 1.165) is 0 Å². The standard InChI is InChI=1S/C13H22N4O2/c1-5-11(18)15-10-8-17(6-2)16-12(10)13(19)14-7-9(3)4/h8-9H,5-7H2,1-4H3,(H,14,19)(H,15,18). The van der Waals surface area contributed by atoms with Crippen molar-refractivity contribution in [2.75, 3.05) is 11.9 Å². The summed E-state index contributed by atoms with van der Waals surface area (Å²) in [4.78, 5) is 23.5. The zero-order chi connectivity index (χ0) is 14.4. The van der Waals surface area contributed by atoms with Crippen molar-refractivity contribution in [3.8, 4) is 0 Å². The van der Waals surface area contributed by atoms with Crippen LogP contribution in [-0.4, -0.2) is 28.1 Å². The first kappa shape index (κ1) is 15.2. The monoisotopic (exact) mass is 266 g/mol. The summed E-state index contributed by atoms with van der Waals surface area (Å²) in [7, 11) is 0. The van der Waals surface area contributed by atoms with Gasteiger partial charge in [-0.15, -0.1) is 0 Å². The van der Waals surface area contributed by atoms with E-state index < -0.39 is 0 Å². The smallest absolute Gasteiger partial charge is 0.273 e. The van der Waals surface area contributed by atoms with Gasteiger partial charge in [0, 0.05) is 25.7 Å². The van der Waals surface area contributed by atoms with Crippen LogP contribution in [0.25, 0.3) is 0 Å². The van der Waals surface area contributed by atoms with Gasteiger partial charge in [-0.25, -0.2) is 0 Å². The molecule has 0 aromatic carbocycles. The molecule has 0 atom stereocenters. The van der Waals surface area contributed by atoms with Gasteiger partial charge in [0.05, 0.1) is 5.69 Å². The number of hydrogen-bond acceptors (Lipinski definition) is 3. The summed E-state index contributed by atoms with van der Waals surface area (Å²) < 4.78 is 1.63. The summed E-state index contributed by atoms with van der Waals surface area (Å²) in [6.45, 7) is 8.95. The molecule has 106 valence electrons. The van der Waals surface area contributed by atoms with Crippen LogP contribution >= 0.6 is 0 Å². The fourth-order valence-electron chi connectivity index (χ4n) is 1.46. The molecule has 6 heteroatoms. The van der Waals surface area contributed by atoms with Gasteiger partial charge in [0.25, 0.3) is 5.91 Å². The van der Waals surface area contributed by atoms with Crippen LogP contribution in [0, 0.1) is 5.92 Å². The van der Waals surface area contributed by atoms with Gasteiger partial charge in [0.2, 0.25) is 5.91 Å². The van der Waals surface area contributed by atoms with Crippen LogP contribution in [0.15, 0.2) is 6.20 Å². The highest BCUT2D eigenvalue weighted by Crippen LogP contribution is 2.14. The van der Waals surface area contributed by atoms with Crippen molar-refractivity contribution < 1.29 is 9.59 Å². The van der Waals surface area contributed by atoms with E-state index >= 15 is 0 Å². The van der Waals surface area contributed by atoms with E-state index in [1.807, 2.05) is 20.8 Å². The minimum atomic E-state index is -0.257. The van der Waals surface area contributed by atoms with Crippen molar-refractivity contribution in [1.29, 1.82) is 0 Å². The summed E-state index contributed by atoms with van der Waals surface area (Å²) in [5.41, 5.74) is 0.735. The summed E-state index contributed by atoms with van der Waals surface area (Å²) >= 11 is 0. The molecule has 0 aliphatic carbocycles. The van der Waals surface area contributed by atoms with E-state index in [1.54, 1.807) is 17.8 Å². The first-order valence-electron chi connectivity index (χ1n) is 6.63. The number of carbonyl (C=O) groups is 2. The van der Waals surface area contributed by atoms with E-state index in [0.29, 0.717) is 31.1 Å². The zero-order valence-electron chi connectivity index (χ0n) is 12.0. The summed E-state index contributed by atoms with van der Waals surface area (Å²) in [6, 6.07) is 0. The van der Waals surface area contributed by atoms with Gasteiger partial charge in [-0.05, 0) is 12.8 Å². The molecule has 6 nitrogen and oxygen atoms in total. The number of rotatable bonds is 6. The maximum absolute atomic E-state index is 12.0. The minimum absolute atomic E-state index is 0.131. The summed E-state index contributed by atoms with van der Waals surface area (Å²) in [5.74, 6) is -0.0215. The molecule has 0 aliphatic heterocycles. The molecule has 0 spiro atoms. The molecular weight excluding hydrogens is 244 g/mol. The van der Waals surface area contributed by atoms with Crippen LogP contribution in [-0.2, 0) is 11.3 Å². The van der Waals surface area contributed by atoms with Crippen LogP contribution < -0.4 is 10.6 Å². The molecule has 1 rings (SSSR count). The molecule has 0 aliphatic rings. The number of carbonyl (C=O) groups excluding carboxylic acids is 2. The molecule has 1 aromatic rings. The van der Waals surface area contributed by atoms with Gasteiger partial charge < -0.3 is 10.6 Å². The number of aromatic nitrogens is 2. The third kappa shape index (κ3) is 4.39. The maximum Gasteiger partial charge on any atom is 0.273 e. The topological polar surface area (TPSA) is 76.0 Å². The Kier molecular flexibility index (Phi) is 5.54. The highest BCUT2D eigenvalue weighted by atomic mass is 16.2. The summed E-state index contributed by atoms with van der Waals surface area (Å²) in [6.07, 6.45) is 2.04. The van der Waals surface area contributed by atoms with Crippen molar-refractivity contribution in [1.82, 2.24) is 15.1 Å².